The van der Waals surface area contributed by atoms with E-state index in [1.54, 1.807) is 0 Å². The van der Waals surface area contributed by atoms with Gasteiger partial charge in [-0.1, -0.05) is 0 Å². The molecule has 0 aliphatic carbocycles. The molecule has 0 amide bonds. The Morgan fingerprint density at radius 1 is 0.571 bits per heavy atom. The molecule has 0 radical (unpaired) electrons. The summed E-state index contributed by atoms with van der Waals surface area (Å²) in [5.74, 6) is 0. The fourth-order valence-corrected chi connectivity index (χ4v) is 0. The third-order valence-corrected chi connectivity index (χ3v) is 0. The van der Waals surface area contributed by atoms with Crippen LogP contribution in [0.1, 0.15) is 0 Å². The fraction of sp³-hybridized carbons (Fsp3) is 0. The van der Waals surface area contributed by atoms with Crippen LogP contribution in [0, 0.1) is 0 Å². The van der Waals surface area contributed by atoms with Gasteiger partial charge in [0, 0.05) is 0 Å². The Morgan fingerprint density at radius 2 is 0.571 bits per heavy atom. The maximum atomic E-state index is 9.93. The topological polar surface area (TPSA) is 0 Å². The maximum absolute atomic E-state index is 11.2. The molecule has 0 nitrogen and oxygen atoms in total. The SMILES string of the molecule is [F][Nb]([F])([F])([F])([F])[F]. The van der Waals surface area contributed by atoms with Crippen molar-refractivity contribution in [3.8, 4) is 0 Å². The Hall–Kier alpha value is 0.320. The molecule has 0 fully saturated rings. The first-order valence-electron chi connectivity index (χ1n) is 1.01. The van der Waals surface area contributed by atoms with E-state index in [1.807, 2.05) is 0 Å². The second kappa shape index (κ2) is 0.762. The molecular weight excluding hydrogens is 207 g/mol. The summed E-state index contributed by atoms with van der Waals surface area (Å²) in [5, 5.41) is 0. The van der Waals surface area contributed by atoms with E-state index in [-0.39, 0.29) is 0 Å². The molecule has 7 heavy (non-hydrogen) atoms. The van der Waals surface area contributed by atoms with Crippen LogP contribution in [0.5, 0.6) is 0 Å². The van der Waals surface area contributed by atoms with Gasteiger partial charge in [-0.2, -0.15) is 0 Å². The Balaban J connectivity index is 4.43. The van der Waals surface area contributed by atoms with Gasteiger partial charge in [0.15, 0.2) is 0 Å². The quantitative estimate of drug-likeness (QED) is 0.422. The summed E-state index contributed by atoms with van der Waals surface area (Å²) in [6.07, 6.45) is 0. The predicted octanol–water partition coefficient (Wildman–Crippen LogP) is 2.52. The van der Waals surface area contributed by atoms with Crippen molar-refractivity contribution in [2.24, 2.45) is 0 Å². The van der Waals surface area contributed by atoms with E-state index in [1.165, 1.54) is 0 Å². The molecule has 47 valence electrons. The molecule has 0 heterocycles. The molecule has 0 aromatic carbocycles. The van der Waals surface area contributed by atoms with Gasteiger partial charge in [-0.15, -0.1) is 0 Å². The molecule has 0 N–H and O–H groups in total. The summed E-state index contributed by atoms with van der Waals surface area (Å²) in [4.78, 5) is 0. The second-order valence-corrected chi connectivity index (χ2v) is 5.67. The van der Waals surface area contributed by atoms with Crippen LogP contribution in [-0.2, 0) is 17.8 Å². The summed E-state index contributed by atoms with van der Waals surface area (Å²) in [5.41, 5.74) is 0. The van der Waals surface area contributed by atoms with E-state index in [2.05, 4.69) is 0 Å². The monoisotopic (exact) mass is 207 g/mol. The van der Waals surface area contributed by atoms with Crippen molar-refractivity contribution in [3.63, 3.8) is 0 Å². The molecule has 0 bridgehead atoms. The molecule has 0 rings (SSSR count). The zero-order valence-electron chi connectivity index (χ0n) is 2.72. The Labute approximate surface area is 36.7 Å². The van der Waals surface area contributed by atoms with Crippen molar-refractivity contribution in [2.75, 3.05) is 0 Å². The van der Waals surface area contributed by atoms with Crippen molar-refractivity contribution >= 4 is 0 Å². The minimum atomic E-state index is -11.2. The zero-order valence-corrected chi connectivity index (χ0v) is 4.91. The molecule has 0 spiro atoms. The van der Waals surface area contributed by atoms with Gasteiger partial charge >= 0.3 is 35.9 Å². The standard InChI is InChI=1S/6FH.Nb/h6*1H;/q;;;;;;+6/p-6. The van der Waals surface area contributed by atoms with E-state index >= 15 is 0 Å². The van der Waals surface area contributed by atoms with Gasteiger partial charge in [0.2, 0.25) is 0 Å². The molecule has 0 aromatic rings. The Bertz CT molecular complexity index is 62.7. The van der Waals surface area contributed by atoms with E-state index in [4.69, 9.17) is 0 Å². The number of halogens is 6. The number of rotatable bonds is 0. The minimum absolute atomic E-state index is 9.93. The van der Waals surface area contributed by atoms with Crippen molar-refractivity contribution in [2.45, 2.75) is 0 Å². The average molecular weight is 207 g/mol. The summed E-state index contributed by atoms with van der Waals surface area (Å²) < 4.78 is 59.6. The van der Waals surface area contributed by atoms with Crippen LogP contribution in [0.2, 0.25) is 0 Å². The average Bonchev–Trinajstić information content (AvgIpc) is 0.592. The Kier molecular flexibility index (Phi) is 0.797. The van der Waals surface area contributed by atoms with Crippen LogP contribution in [0.25, 0.3) is 0 Å². The molecule has 0 saturated carbocycles. The molecule has 0 unspecified atom stereocenters. The summed E-state index contributed by atoms with van der Waals surface area (Å²) in [7, 11) is 0. The summed E-state index contributed by atoms with van der Waals surface area (Å²) in [6, 6.07) is 0. The first kappa shape index (κ1) is 7.32. The van der Waals surface area contributed by atoms with Gasteiger partial charge < -0.3 is 0 Å². The van der Waals surface area contributed by atoms with Crippen LogP contribution in [0.3, 0.4) is 0 Å². The van der Waals surface area contributed by atoms with Crippen molar-refractivity contribution < 1.29 is 35.9 Å². The van der Waals surface area contributed by atoms with Gasteiger partial charge in [-0.05, 0) is 0 Å². The second-order valence-electron chi connectivity index (χ2n) is 0.958. The number of hydrogen-bond acceptors (Lipinski definition) is 0. The fourth-order valence-electron chi connectivity index (χ4n) is 0. The van der Waals surface area contributed by atoms with Crippen molar-refractivity contribution in [1.29, 1.82) is 0 Å². The molecule has 0 atom stereocenters. The van der Waals surface area contributed by atoms with Gasteiger partial charge in [-0.3, -0.25) is 0 Å². The molecule has 0 aliphatic rings. The van der Waals surface area contributed by atoms with Gasteiger partial charge in [-0.25, -0.2) is 0 Å². The first-order valence-corrected chi connectivity index (χ1v) is 6.00. The van der Waals surface area contributed by atoms with Gasteiger partial charge in [0.05, 0.1) is 0 Å². The van der Waals surface area contributed by atoms with E-state index in [0.717, 1.165) is 0 Å². The van der Waals surface area contributed by atoms with Gasteiger partial charge in [0.25, 0.3) is 0 Å². The van der Waals surface area contributed by atoms with Crippen LogP contribution in [-0.4, -0.2) is 0 Å². The van der Waals surface area contributed by atoms with E-state index in [9.17, 15) is 18.1 Å². The predicted molar refractivity (Wildman–Crippen MR) is 6.65 cm³/mol. The zero-order chi connectivity index (χ0) is 6.41. The normalized spacial score (nSPS) is 23.1. The van der Waals surface area contributed by atoms with E-state index < -0.39 is 17.8 Å². The molecule has 0 aromatic heterocycles. The van der Waals surface area contributed by atoms with Gasteiger partial charge in [0.1, 0.15) is 0 Å². The molecule has 7 heteroatoms. The first-order chi connectivity index (χ1) is 2.45. The third kappa shape index (κ3) is 1150. The van der Waals surface area contributed by atoms with Crippen LogP contribution in [0.4, 0.5) is 18.1 Å². The Morgan fingerprint density at radius 3 is 0.571 bits per heavy atom. The molecule has 0 aliphatic heterocycles. The molecule has 0 saturated heterocycles. The van der Waals surface area contributed by atoms with Crippen LogP contribution in [0.15, 0.2) is 0 Å². The van der Waals surface area contributed by atoms with Crippen molar-refractivity contribution in [3.05, 3.63) is 0 Å². The third-order valence-electron chi connectivity index (χ3n) is 0. The van der Waals surface area contributed by atoms with Crippen LogP contribution >= 0.6 is 0 Å². The summed E-state index contributed by atoms with van der Waals surface area (Å²) in [6.45, 7) is 0. The van der Waals surface area contributed by atoms with E-state index in [0.29, 0.717) is 0 Å². The summed E-state index contributed by atoms with van der Waals surface area (Å²) >= 11 is -11.2. The number of hydrogen-bond donors (Lipinski definition) is 0. The van der Waals surface area contributed by atoms with Crippen LogP contribution < -0.4 is 0 Å². The molecular formula is F6Nb. The van der Waals surface area contributed by atoms with Crippen molar-refractivity contribution in [1.82, 2.24) is 0 Å².